The fraction of sp³-hybridized carbons (Fsp3) is 0.556. The van der Waals surface area contributed by atoms with E-state index in [1.54, 1.807) is 12.4 Å². The molecule has 0 N–H and O–H groups in total. The third-order valence-corrected chi connectivity index (χ3v) is 7.50. The molecule has 0 spiro atoms. The van der Waals surface area contributed by atoms with E-state index in [1.165, 1.54) is 19.3 Å². The molecule has 3 aliphatic heterocycles. The highest BCUT2D eigenvalue weighted by Gasteiger charge is 2.35. The molecule has 0 bridgehead atoms. The number of rotatable bonds is 6. The average Bonchev–Trinajstić information content (AvgIpc) is 3.39. The van der Waals surface area contributed by atoms with E-state index in [2.05, 4.69) is 28.9 Å². The Balaban J connectivity index is 1.41. The number of hydrogen-bond acceptors (Lipinski definition) is 6. The zero-order valence-corrected chi connectivity index (χ0v) is 20.8. The van der Waals surface area contributed by atoms with Crippen molar-refractivity contribution in [1.82, 2.24) is 19.4 Å². The molecule has 8 heteroatoms. The highest BCUT2D eigenvalue weighted by Crippen LogP contribution is 2.26. The van der Waals surface area contributed by atoms with Crippen LogP contribution in [0, 0.1) is 5.92 Å². The summed E-state index contributed by atoms with van der Waals surface area (Å²) >= 11 is 0. The van der Waals surface area contributed by atoms with Crippen LogP contribution in [-0.4, -0.2) is 63.3 Å². The zero-order chi connectivity index (χ0) is 24.4. The largest absolute Gasteiger partial charge is 0.382 e. The van der Waals surface area contributed by atoms with Gasteiger partial charge in [-0.3, -0.25) is 14.6 Å². The molecule has 5 heterocycles. The topological polar surface area (TPSA) is 80.0 Å². The molecule has 0 aromatic carbocycles. The highest BCUT2D eigenvalue weighted by atomic mass is 16.6. The van der Waals surface area contributed by atoms with Crippen molar-refractivity contribution in [2.45, 2.75) is 65.1 Å². The molecule has 35 heavy (non-hydrogen) atoms. The van der Waals surface area contributed by atoms with Crippen molar-refractivity contribution in [3.05, 3.63) is 52.2 Å². The van der Waals surface area contributed by atoms with E-state index in [1.807, 2.05) is 27.7 Å². The second kappa shape index (κ2) is 10.3. The van der Waals surface area contributed by atoms with Crippen molar-refractivity contribution in [1.29, 1.82) is 0 Å². The maximum atomic E-state index is 13.6. The van der Waals surface area contributed by atoms with Gasteiger partial charge in [-0.1, -0.05) is 25.4 Å². The van der Waals surface area contributed by atoms with Crippen LogP contribution in [0.25, 0.3) is 11.1 Å². The van der Waals surface area contributed by atoms with Gasteiger partial charge in [0.2, 0.25) is 6.10 Å². The quantitative estimate of drug-likeness (QED) is 0.639. The summed E-state index contributed by atoms with van der Waals surface area (Å²) < 4.78 is 1.97. The summed E-state index contributed by atoms with van der Waals surface area (Å²) in [5.74, 6) is 0.249. The van der Waals surface area contributed by atoms with Crippen LogP contribution >= 0.6 is 0 Å². The van der Waals surface area contributed by atoms with Gasteiger partial charge in [-0.15, -0.1) is 0 Å². The van der Waals surface area contributed by atoms with E-state index in [9.17, 15) is 9.59 Å². The van der Waals surface area contributed by atoms with E-state index in [-0.39, 0.29) is 17.4 Å². The van der Waals surface area contributed by atoms with Crippen molar-refractivity contribution in [2.24, 2.45) is 11.1 Å². The lowest BCUT2D eigenvalue weighted by molar-refractivity contribution is -0.143. The van der Waals surface area contributed by atoms with Crippen LogP contribution in [0.3, 0.4) is 0 Å². The Bertz CT molecular complexity index is 1150. The molecule has 1 saturated heterocycles. The molecule has 2 aromatic rings. The third kappa shape index (κ3) is 5.03. The lowest BCUT2D eigenvalue weighted by Gasteiger charge is -2.33. The maximum Gasteiger partial charge on any atom is 0.267 e. The fourth-order valence-electron chi connectivity index (χ4n) is 5.38. The second-order valence-corrected chi connectivity index (χ2v) is 10.2. The lowest BCUT2D eigenvalue weighted by atomic mass is 9.98. The second-order valence-electron chi connectivity index (χ2n) is 10.2. The number of nitrogens with zero attached hydrogens (tertiary/aromatic N) is 5. The predicted octanol–water partition coefficient (Wildman–Crippen LogP) is 3.08. The Labute approximate surface area is 206 Å². The Hall–Kier alpha value is -3.00. The first-order valence-corrected chi connectivity index (χ1v) is 12.9. The van der Waals surface area contributed by atoms with Gasteiger partial charge >= 0.3 is 0 Å². The van der Waals surface area contributed by atoms with E-state index in [0.717, 1.165) is 42.2 Å². The maximum absolute atomic E-state index is 13.6. The number of likely N-dealkylation sites (tertiary alicyclic amines) is 1. The van der Waals surface area contributed by atoms with Gasteiger partial charge in [0.05, 0.1) is 5.71 Å². The number of hydrogen-bond donors (Lipinski definition) is 0. The number of piperidine rings is 1. The van der Waals surface area contributed by atoms with Crippen molar-refractivity contribution in [2.75, 3.05) is 26.2 Å². The van der Waals surface area contributed by atoms with Gasteiger partial charge in [0.25, 0.3) is 11.5 Å². The SMILES string of the molecule is CC(C)C1=NOC(C(=O)N2CCc3c(cc(-c4ccncc4)c(=O)n3CCN3CCCCC3)C2)C1. The van der Waals surface area contributed by atoms with Gasteiger partial charge in [0.15, 0.2) is 0 Å². The van der Waals surface area contributed by atoms with Crippen molar-refractivity contribution in [3.8, 4) is 11.1 Å². The first-order valence-electron chi connectivity index (χ1n) is 12.9. The van der Waals surface area contributed by atoms with Gasteiger partial charge < -0.3 is 19.2 Å². The summed E-state index contributed by atoms with van der Waals surface area (Å²) in [5.41, 5.74) is 4.60. The minimum absolute atomic E-state index is 0.0217. The number of aromatic nitrogens is 2. The van der Waals surface area contributed by atoms with Crippen LogP contribution in [0.4, 0.5) is 0 Å². The summed E-state index contributed by atoms with van der Waals surface area (Å²) in [4.78, 5) is 40.8. The molecule has 8 nitrogen and oxygen atoms in total. The van der Waals surface area contributed by atoms with Crippen molar-refractivity contribution >= 4 is 11.6 Å². The molecule has 3 aliphatic rings. The van der Waals surface area contributed by atoms with Crippen molar-refractivity contribution < 1.29 is 9.63 Å². The monoisotopic (exact) mass is 477 g/mol. The summed E-state index contributed by atoms with van der Waals surface area (Å²) in [7, 11) is 0. The molecule has 0 radical (unpaired) electrons. The zero-order valence-electron chi connectivity index (χ0n) is 20.8. The van der Waals surface area contributed by atoms with Crippen molar-refractivity contribution in [3.63, 3.8) is 0 Å². The molecule has 0 aliphatic carbocycles. The van der Waals surface area contributed by atoms with Crippen LogP contribution in [-0.2, 0) is 29.1 Å². The molecular weight excluding hydrogens is 442 g/mol. The molecule has 5 rings (SSSR count). The molecule has 1 unspecified atom stereocenters. The highest BCUT2D eigenvalue weighted by molar-refractivity contribution is 5.93. The molecule has 2 aromatic heterocycles. The van der Waals surface area contributed by atoms with Crippen LogP contribution in [0.5, 0.6) is 0 Å². The van der Waals surface area contributed by atoms with Crippen LogP contribution in [0.1, 0.15) is 50.8 Å². The molecule has 1 atom stereocenters. The number of fused-ring (bicyclic) bond motifs is 1. The first kappa shape index (κ1) is 23.7. The average molecular weight is 478 g/mol. The summed E-state index contributed by atoms with van der Waals surface area (Å²) in [5, 5.41) is 4.14. The first-order chi connectivity index (χ1) is 17.0. The predicted molar refractivity (Wildman–Crippen MR) is 135 cm³/mol. The third-order valence-electron chi connectivity index (χ3n) is 7.50. The number of carbonyl (C=O) groups excluding carboxylic acids is 1. The number of carbonyl (C=O) groups is 1. The number of amides is 1. The Morgan fingerprint density at radius 3 is 2.60 bits per heavy atom. The lowest BCUT2D eigenvalue weighted by Crippen LogP contribution is -2.44. The van der Waals surface area contributed by atoms with Gasteiger partial charge in [0.1, 0.15) is 0 Å². The normalized spacial score (nSPS) is 20.5. The molecule has 186 valence electrons. The molecule has 0 saturated carbocycles. The smallest absolute Gasteiger partial charge is 0.267 e. The summed E-state index contributed by atoms with van der Waals surface area (Å²) in [6.45, 7) is 8.95. The molecular formula is C27H35N5O3. The summed E-state index contributed by atoms with van der Waals surface area (Å²) in [6, 6.07) is 5.73. The summed E-state index contributed by atoms with van der Waals surface area (Å²) in [6.07, 6.45) is 7.85. The van der Waals surface area contributed by atoms with Crippen LogP contribution < -0.4 is 5.56 Å². The van der Waals surface area contributed by atoms with Gasteiger partial charge in [-0.2, -0.15) is 0 Å². The van der Waals surface area contributed by atoms with Gasteiger partial charge in [0, 0.05) is 62.7 Å². The standard InChI is InChI=1S/C27H35N5O3/c1-19(2)23-17-25(35-29-23)27(34)31-13-8-24-21(18-31)16-22(20-6-9-28-10-7-20)26(33)32(24)15-14-30-11-4-3-5-12-30/h6-7,9-10,16,19,25H,3-5,8,11-15,17-18H2,1-2H3. The van der Waals surface area contributed by atoms with E-state index >= 15 is 0 Å². The minimum Gasteiger partial charge on any atom is -0.382 e. The van der Waals surface area contributed by atoms with Gasteiger partial charge in [-0.05, 0) is 61.2 Å². The fourth-order valence-corrected chi connectivity index (χ4v) is 5.38. The van der Waals surface area contributed by atoms with Gasteiger partial charge in [-0.25, -0.2) is 0 Å². The van der Waals surface area contributed by atoms with E-state index in [4.69, 9.17) is 4.84 Å². The Morgan fingerprint density at radius 1 is 1.11 bits per heavy atom. The number of oxime groups is 1. The Kier molecular flexibility index (Phi) is 7.00. The molecule has 1 fully saturated rings. The van der Waals surface area contributed by atoms with Crippen LogP contribution in [0.2, 0.25) is 0 Å². The molecule has 1 amide bonds. The number of pyridine rings is 2. The Morgan fingerprint density at radius 2 is 1.89 bits per heavy atom. The minimum atomic E-state index is -0.543. The van der Waals surface area contributed by atoms with E-state index < -0.39 is 6.10 Å². The van der Waals surface area contributed by atoms with E-state index in [0.29, 0.717) is 38.0 Å². The van der Waals surface area contributed by atoms with Crippen LogP contribution in [0.15, 0.2) is 40.5 Å².